The van der Waals surface area contributed by atoms with Crippen molar-refractivity contribution in [3.05, 3.63) is 12.7 Å². The number of nitrogens with zero attached hydrogens (tertiary/aromatic N) is 1. The average molecular weight is 234 g/mol. The molecule has 15 heavy (non-hydrogen) atoms. The Morgan fingerprint density at radius 2 is 2.13 bits per heavy atom. The highest BCUT2D eigenvalue weighted by atomic mass is 32.2. The van der Waals surface area contributed by atoms with Crippen LogP contribution in [0.5, 0.6) is 0 Å². The van der Waals surface area contributed by atoms with Gasteiger partial charge in [0.25, 0.3) is 0 Å². The maximum atomic E-state index is 11.0. The Morgan fingerprint density at radius 1 is 1.53 bits per heavy atom. The van der Waals surface area contributed by atoms with E-state index in [1.165, 1.54) is 6.26 Å². The summed E-state index contributed by atoms with van der Waals surface area (Å²) in [6, 6.07) is 0.326. The number of nitrogens with one attached hydrogen (secondary N) is 1. The summed E-state index contributed by atoms with van der Waals surface area (Å²) in [6.07, 6.45) is 3.07. The molecule has 0 aliphatic heterocycles. The van der Waals surface area contributed by atoms with Crippen molar-refractivity contribution in [1.82, 2.24) is 10.2 Å². The highest BCUT2D eigenvalue weighted by Gasteiger charge is 2.10. The Bertz CT molecular complexity index is 275. The molecule has 0 radical (unpaired) electrons. The van der Waals surface area contributed by atoms with E-state index < -0.39 is 9.84 Å². The van der Waals surface area contributed by atoms with E-state index in [4.69, 9.17) is 0 Å². The van der Waals surface area contributed by atoms with Crippen LogP contribution in [-0.4, -0.2) is 58.1 Å². The molecule has 0 rings (SSSR count). The van der Waals surface area contributed by atoms with Crippen molar-refractivity contribution in [3.63, 3.8) is 0 Å². The number of sulfone groups is 1. The lowest BCUT2D eigenvalue weighted by Crippen LogP contribution is -2.40. The summed E-state index contributed by atoms with van der Waals surface area (Å²) in [5.41, 5.74) is 0. The molecule has 0 spiro atoms. The fourth-order valence-electron chi connectivity index (χ4n) is 1.08. The second kappa shape index (κ2) is 6.98. The molecule has 1 atom stereocenters. The van der Waals surface area contributed by atoms with Gasteiger partial charge in [-0.25, -0.2) is 8.42 Å². The quantitative estimate of drug-likeness (QED) is 0.479. The molecule has 90 valence electrons. The molecule has 0 fully saturated rings. The zero-order valence-corrected chi connectivity index (χ0v) is 10.7. The lowest BCUT2D eigenvalue weighted by atomic mass is 10.3. The van der Waals surface area contributed by atoms with Crippen LogP contribution in [-0.2, 0) is 9.84 Å². The molecule has 0 aromatic rings. The minimum atomic E-state index is -2.86. The molecule has 0 aliphatic rings. The van der Waals surface area contributed by atoms with Gasteiger partial charge in [0.05, 0.1) is 5.75 Å². The van der Waals surface area contributed by atoms with Crippen LogP contribution in [0.25, 0.3) is 0 Å². The van der Waals surface area contributed by atoms with Crippen LogP contribution in [0.3, 0.4) is 0 Å². The SMILES string of the molecule is C=CCNCC(C)N(C)CCS(C)(=O)=O. The van der Waals surface area contributed by atoms with E-state index in [0.29, 0.717) is 12.6 Å². The topological polar surface area (TPSA) is 49.4 Å². The summed E-state index contributed by atoms with van der Waals surface area (Å²) in [7, 11) is -0.920. The molecule has 5 heteroatoms. The Hall–Kier alpha value is -0.390. The summed E-state index contributed by atoms with van der Waals surface area (Å²) in [4.78, 5) is 2.04. The van der Waals surface area contributed by atoms with Crippen molar-refractivity contribution in [1.29, 1.82) is 0 Å². The third-order valence-electron chi connectivity index (χ3n) is 2.30. The molecule has 0 aromatic heterocycles. The van der Waals surface area contributed by atoms with Crippen LogP contribution in [0, 0.1) is 0 Å². The summed E-state index contributed by atoms with van der Waals surface area (Å²) >= 11 is 0. The molecule has 1 unspecified atom stereocenters. The van der Waals surface area contributed by atoms with Gasteiger partial charge in [-0.3, -0.25) is 0 Å². The van der Waals surface area contributed by atoms with E-state index in [0.717, 1.165) is 13.1 Å². The van der Waals surface area contributed by atoms with E-state index in [1.54, 1.807) is 0 Å². The first-order valence-corrected chi connectivity index (χ1v) is 7.12. The normalized spacial score (nSPS) is 14.1. The first-order valence-electron chi connectivity index (χ1n) is 5.06. The largest absolute Gasteiger partial charge is 0.312 e. The highest BCUT2D eigenvalue weighted by molar-refractivity contribution is 7.90. The number of rotatable bonds is 8. The average Bonchev–Trinajstić information content (AvgIpc) is 2.13. The molecule has 0 aliphatic carbocycles. The van der Waals surface area contributed by atoms with Gasteiger partial charge in [-0.2, -0.15) is 0 Å². The van der Waals surface area contributed by atoms with Crippen molar-refractivity contribution in [3.8, 4) is 0 Å². The molecule has 1 N–H and O–H groups in total. The maximum absolute atomic E-state index is 11.0. The molecular formula is C10H22N2O2S. The van der Waals surface area contributed by atoms with Crippen LogP contribution < -0.4 is 5.32 Å². The van der Waals surface area contributed by atoms with Gasteiger partial charge >= 0.3 is 0 Å². The second-order valence-corrected chi connectivity index (χ2v) is 6.17. The van der Waals surface area contributed by atoms with E-state index in [-0.39, 0.29) is 5.75 Å². The van der Waals surface area contributed by atoms with Gasteiger partial charge in [0, 0.05) is 31.9 Å². The predicted octanol–water partition coefficient (Wildman–Crippen LogP) is 0.127. The van der Waals surface area contributed by atoms with Crippen molar-refractivity contribution < 1.29 is 8.42 Å². The molecule has 0 saturated heterocycles. The van der Waals surface area contributed by atoms with E-state index in [2.05, 4.69) is 18.8 Å². The number of hydrogen-bond acceptors (Lipinski definition) is 4. The summed E-state index contributed by atoms with van der Waals surface area (Å²) in [5, 5.41) is 3.20. The van der Waals surface area contributed by atoms with Crippen molar-refractivity contribution in [2.45, 2.75) is 13.0 Å². The fourth-order valence-corrected chi connectivity index (χ4v) is 1.70. The summed E-state index contributed by atoms with van der Waals surface area (Å²) < 4.78 is 21.9. The Kier molecular flexibility index (Phi) is 6.80. The standard InChI is InChI=1S/C10H22N2O2S/c1-5-6-11-9-10(2)12(3)7-8-15(4,13)14/h5,10-11H,1,6-9H2,2-4H3. The summed E-state index contributed by atoms with van der Waals surface area (Å²) in [5.74, 6) is 0.218. The van der Waals surface area contributed by atoms with Gasteiger partial charge in [0.2, 0.25) is 0 Å². The smallest absolute Gasteiger partial charge is 0.148 e. The second-order valence-electron chi connectivity index (χ2n) is 3.91. The zero-order valence-electron chi connectivity index (χ0n) is 9.86. The molecule has 4 nitrogen and oxygen atoms in total. The summed E-state index contributed by atoms with van der Waals surface area (Å²) in [6.45, 7) is 7.88. The monoisotopic (exact) mass is 234 g/mol. The molecule has 0 bridgehead atoms. The predicted molar refractivity (Wildman–Crippen MR) is 64.9 cm³/mol. The van der Waals surface area contributed by atoms with Crippen molar-refractivity contribution >= 4 is 9.84 Å². The lowest BCUT2D eigenvalue weighted by Gasteiger charge is -2.24. The van der Waals surface area contributed by atoms with Crippen LogP contribution >= 0.6 is 0 Å². The van der Waals surface area contributed by atoms with Gasteiger partial charge < -0.3 is 10.2 Å². The van der Waals surface area contributed by atoms with Crippen molar-refractivity contribution in [2.75, 3.05) is 38.7 Å². The fraction of sp³-hybridized carbons (Fsp3) is 0.800. The van der Waals surface area contributed by atoms with Gasteiger partial charge in [-0.1, -0.05) is 6.08 Å². The minimum Gasteiger partial charge on any atom is -0.312 e. The van der Waals surface area contributed by atoms with E-state index in [9.17, 15) is 8.42 Å². The molecular weight excluding hydrogens is 212 g/mol. The molecule has 0 saturated carbocycles. The first kappa shape index (κ1) is 14.6. The van der Waals surface area contributed by atoms with Gasteiger partial charge in [0.1, 0.15) is 9.84 Å². The maximum Gasteiger partial charge on any atom is 0.148 e. The van der Waals surface area contributed by atoms with Crippen LogP contribution in [0.2, 0.25) is 0 Å². The van der Waals surface area contributed by atoms with Gasteiger partial charge in [-0.15, -0.1) is 6.58 Å². The number of hydrogen-bond donors (Lipinski definition) is 1. The molecule has 0 amide bonds. The third kappa shape index (κ3) is 8.59. The van der Waals surface area contributed by atoms with Crippen LogP contribution in [0.1, 0.15) is 6.92 Å². The minimum absolute atomic E-state index is 0.218. The van der Waals surface area contributed by atoms with Crippen LogP contribution in [0.4, 0.5) is 0 Å². The van der Waals surface area contributed by atoms with Gasteiger partial charge in [0.15, 0.2) is 0 Å². The molecule has 0 aromatic carbocycles. The zero-order chi connectivity index (χ0) is 11.9. The van der Waals surface area contributed by atoms with Crippen molar-refractivity contribution in [2.24, 2.45) is 0 Å². The van der Waals surface area contributed by atoms with E-state index >= 15 is 0 Å². The molecule has 0 heterocycles. The number of likely N-dealkylation sites (N-methyl/N-ethyl adjacent to an activating group) is 1. The lowest BCUT2D eigenvalue weighted by molar-refractivity contribution is 0.266. The Balaban J connectivity index is 3.78. The Labute approximate surface area is 93.3 Å². The van der Waals surface area contributed by atoms with Gasteiger partial charge in [-0.05, 0) is 14.0 Å². The van der Waals surface area contributed by atoms with Crippen LogP contribution in [0.15, 0.2) is 12.7 Å². The first-order chi connectivity index (χ1) is 6.87. The third-order valence-corrected chi connectivity index (χ3v) is 3.22. The Morgan fingerprint density at radius 3 is 2.60 bits per heavy atom. The highest BCUT2D eigenvalue weighted by Crippen LogP contribution is 1.95. The van der Waals surface area contributed by atoms with E-state index in [1.807, 2.05) is 18.0 Å².